The van der Waals surface area contributed by atoms with Crippen molar-refractivity contribution in [2.75, 3.05) is 14.1 Å². The maximum atomic E-state index is 12.4. The van der Waals surface area contributed by atoms with Gasteiger partial charge in [-0.15, -0.1) is 0 Å². The number of fused-ring (bicyclic) bond motifs is 2. The van der Waals surface area contributed by atoms with Crippen molar-refractivity contribution in [1.82, 2.24) is 4.90 Å². The molecule has 0 aromatic carbocycles. The summed E-state index contributed by atoms with van der Waals surface area (Å²) in [5, 5.41) is 10.2. The normalized spacial score (nSPS) is 44.8. The molecule has 92 valence electrons. The lowest BCUT2D eigenvalue weighted by molar-refractivity contribution is -0.144. The molecule has 0 unspecified atom stereocenters. The summed E-state index contributed by atoms with van der Waals surface area (Å²) in [6.07, 6.45) is 2.18. The van der Waals surface area contributed by atoms with Crippen LogP contribution in [-0.2, 0) is 4.79 Å². The maximum absolute atomic E-state index is 12.4. The van der Waals surface area contributed by atoms with Crippen molar-refractivity contribution >= 4 is 5.91 Å². The minimum atomic E-state index is -0.343. The summed E-state index contributed by atoms with van der Waals surface area (Å²) >= 11 is 0. The van der Waals surface area contributed by atoms with Gasteiger partial charge in [-0.1, -0.05) is 20.8 Å². The molecule has 2 fully saturated rings. The van der Waals surface area contributed by atoms with Crippen LogP contribution in [0.5, 0.6) is 0 Å². The van der Waals surface area contributed by atoms with Crippen molar-refractivity contribution in [3.05, 3.63) is 0 Å². The molecule has 0 aromatic heterocycles. The van der Waals surface area contributed by atoms with E-state index in [9.17, 15) is 9.90 Å². The highest BCUT2D eigenvalue weighted by molar-refractivity contribution is 5.84. The van der Waals surface area contributed by atoms with Crippen molar-refractivity contribution in [2.24, 2.45) is 16.2 Å². The first-order valence-electron chi connectivity index (χ1n) is 6.09. The maximum Gasteiger partial charge on any atom is 0.228 e. The average molecular weight is 225 g/mol. The Balaban J connectivity index is 2.48. The van der Waals surface area contributed by atoms with Gasteiger partial charge in [0, 0.05) is 14.1 Å². The molecule has 0 saturated heterocycles. The summed E-state index contributed by atoms with van der Waals surface area (Å²) in [6, 6.07) is 0. The van der Waals surface area contributed by atoms with Crippen LogP contribution in [0.2, 0.25) is 0 Å². The number of nitrogens with zero attached hydrogens (tertiary/aromatic N) is 1. The topological polar surface area (TPSA) is 40.5 Å². The predicted octanol–water partition coefficient (Wildman–Crippen LogP) is 1.65. The molecule has 2 aliphatic rings. The molecule has 16 heavy (non-hydrogen) atoms. The summed E-state index contributed by atoms with van der Waals surface area (Å²) in [5.74, 6) is 0.192. The van der Waals surface area contributed by atoms with Gasteiger partial charge in [-0.05, 0) is 30.1 Å². The standard InChI is InChI=1S/C13H23NO2/c1-11(2)12(3)6-7-13(11,8-9(12)15)10(16)14(4)5/h9,15H,6-8H2,1-5H3/t9-,12-,13+/m0/s1. The number of hydrogen-bond donors (Lipinski definition) is 1. The largest absolute Gasteiger partial charge is 0.393 e. The highest BCUT2D eigenvalue weighted by Crippen LogP contribution is 2.72. The fourth-order valence-electron chi connectivity index (χ4n) is 4.03. The van der Waals surface area contributed by atoms with E-state index < -0.39 is 0 Å². The van der Waals surface area contributed by atoms with E-state index in [1.807, 2.05) is 14.1 Å². The van der Waals surface area contributed by atoms with E-state index in [2.05, 4.69) is 20.8 Å². The van der Waals surface area contributed by atoms with E-state index in [-0.39, 0.29) is 28.3 Å². The molecule has 2 aliphatic carbocycles. The third kappa shape index (κ3) is 1.01. The van der Waals surface area contributed by atoms with Crippen LogP contribution in [0.3, 0.4) is 0 Å². The van der Waals surface area contributed by atoms with Crippen molar-refractivity contribution in [3.63, 3.8) is 0 Å². The van der Waals surface area contributed by atoms with Gasteiger partial charge in [-0.25, -0.2) is 0 Å². The molecule has 0 heterocycles. The Labute approximate surface area is 97.8 Å². The molecule has 0 aliphatic heterocycles. The molecule has 0 spiro atoms. The molecule has 3 atom stereocenters. The highest BCUT2D eigenvalue weighted by atomic mass is 16.3. The molecule has 2 saturated carbocycles. The van der Waals surface area contributed by atoms with E-state index in [0.717, 1.165) is 12.8 Å². The lowest BCUT2D eigenvalue weighted by Gasteiger charge is -2.41. The predicted molar refractivity (Wildman–Crippen MR) is 62.9 cm³/mol. The van der Waals surface area contributed by atoms with Gasteiger partial charge < -0.3 is 10.0 Å². The molecule has 1 N–H and O–H groups in total. The Morgan fingerprint density at radius 2 is 1.81 bits per heavy atom. The fraction of sp³-hybridized carbons (Fsp3) is 0.923. The van der Waals surface area contributed by atoms with Crippen molar-refractivity contribution in [1.29, 1.82) is 0 Å². The smallest absolute Gasteiger partial charge is 0.228 e. The Bertz CT molecular complexity index is 337. The Hall–Kier alpha value is -0.570. The summed E-state index contributed by atoms with van der Waals surface area (Å²) in [5.41, 5.74) is -0.551. The molecule has 3 nitrogen and oxygen atoms in total. The van der Waals surface area contributed by atoms with Gasteiger partial charge in [0.15, 0.2) is 0 Å². The number of hydrogen-bond acceptors (Lipinski definition) is 2. The van der Waals surface area contributed by atoms with Crippen LogP contribution in [0.25, 0.3) is 0 Å². The molecular weight excluding hydrogens is 202 g/mol. The first-order valence-corrected chi connectivity index (χ1v) is 6.09. The van der Waals surface area contributed by atoms with Crippen LogP contribution in [0.4, 0.5) is 0 Å². The van der Waals surface area contributed by atoms with Crippen LogP contribution < -0.4 is 0 Å². The van der Waals surface area contributed by atoms with Crippen LogP contribution in [0.15, 0.2) is 0 Å². The number of carbonyl (C=O) groups is 1. The monoisotopic (exact) mass is 225 g/mol. The molecule has 1 amide bonds. The molecular formula is C13H23NO2. The molecule has 2 rings (SSSR count). The van der Waals surface area contributed by atoms with Gasteiger partial charge in [-0.3, -0.25) is 4.79 Å². The lowest BCUT2D eigenvalue weighted by atomic mass is 9.64. The van der Waals surface area contributed by atoms with Crippen molar-refractivity contribution < 1.29 is 9.90 Å². The second-order valence-electron chi connectivity index (χ2n) is 6.54. The van der Waals surface area contributed by atoms with Gasteiger partial charge in [0.05, 0.1) is 11.5 Å². The summed E-state index contributed by atoms with van der Waals surface area (Å²) in [7, 11) is 3.63. The molecule has 0 radical (unpaired) electrons. The van der Waals surface area contributed by atoms with E-state index in [1.54, 1.807) is 4.90 Å². The van der Waals surface area contributed by atoms with Crippen LogP contribution in [0, 0.1) is 16.2 Å². The van der Waals surface area contributed by atoms with Crippen molar-refractivity contribution in [3.8, 4) is 0 Å². The summed E-state index contributed by atoms with van der Waals surface area (Å²) in [6.45, 7) is 6.44. The third-order valence-corrected chi connectivity index (χ3v) is 5.79. The van der Waals surface area contributed by atoms with E-state index >= 15 is 0 Å². The van der Waals surface area contributed by atoms with Gasteiger partial charge in [0.1, 0.15) is 0 Å². The molecule has 3 heteroatoms. The number of rotatable bonds is 1. The van der Waals surface area contributed by atoms with E-state index in [0.29, 0.717) is 6.42 Å². The van der Waals surface area contributed by atoms with Crippen molar-refractivity contribution in [2.45, 2.75) is 46.1 Å². The first kappa shape index (κ1) is 11.9. The zero-order chi connectivity index (χ0) is 12.4. The van der Waals surface area contributed by atoms with E-state index in [1.165, 1.54) is 0 Å². The number of amides is 1. The quantitative estimate of drug-likeness (QED) is 0.737. The lowest BCUT2D eigenvalue weighted by Crippen LogP contribution is -2.46. The average Bonchev–Trinajstić information content (AvgIpc) is 2.46. The SMILES string of the molecule is CN(C)C(=O)[C@@]12CC[C@@](C)([C@@H](O)C1)C2(C)C. The highest BCUT2D eigenvalue weighted by Gasteiger charge is 2.72. The second-order valence-corrected chi connectivity index (χ2v) is 6.54. The molecule has 0 aromatic rings. The summed E-state index contributed by atoms with van der Waals surface area (Å²) < 4.78 is 0. The fourth-order valence-corrected chi connectivity index (χ4v) is 4.03. The minimum Gasteiger partial charge on any atom is -0.393 e. The van der Waals surface area contributed by atoms with Crippen LogP contribution in [-0.4, -0.2) is 36.1 Å². The van der Waals surface area contributed by atoms with Crippen LogP contribution in [0.1, 0.15) is 40.0 Å². The first-order chi connectivity index (χ1) is 7.19. The number of aliphatic hydroxyl groups excluding tert-OH is 1. The van der Waals surface area contributed by atoms with Gasteiger partial charge in [0.25, 0.3) is 0 Å². The summed E-state index contributed by atoms with van der Waals surface area (Å²) in [4.78, 5) is 14.1. The van der Waals surface area contributed by atoms with Gasteiger partial charge >= 0.3 is 0 Å². The Morgan fingerprint density at radius 3 is 2.12 bits per heavy atom. The van der Waals surface area contributed by atoms with Gasteiger partial charge in [0.2, 0.25) is 5.91 Å². The van der Waals surface area contributed by atoms with E-state index in [4.69, 9.17) is 0 Å². The second kappa shape index (κ2) is 3.00. The third-order valence-electron chi connectivity index (χ3n) is 5.79. The molecule has 2 bridgehead atoms. The number of carbonyl (C=O) groups excluding carboxylic acids is 1. The van der Waals surface area contributed by atoms with Gasteiger partial charge in [-0.2, -0.15) is 0 Å². The zero-order valence-corrected chi connectivity index (χ0v) is 11.0. The Morgan fingerprint density at radius 1 is 1.25 bits per heavy atom. The van der Waals surface area contributed by atoms with Crippen LogP contribution >= 0.6 is 0 Å². The zero-order valence-electron chi connectivity index (χ0n) is 11.0. The number of aliphatic hydroxyl groups is 1. The Kier molecular flexibility index (Phi) is 2.24. The minimum absolute atomic E-state index is 0.0985.